The number of hydrogen-bond donors (Lipinski definition) is 1. The molecule has 2 aromatic rings. The molecule has 0 fully saturated rings. The van der Waals surface area contributed by atoms with Gasteiger partial charge < -0.3 is 5.32 Å². The molecular weight excluding hydrogens is 300 g/mol. The Kier molecular flexibility index (Phi) is 5.14. The van der Waals surface area contributed by atoms with Crippen LogP contribution in [0.25, 0.3) is 0 Å². The molecule has 0 aliphatic heterocycles. The third-order valence-electron chi connectivity index (χ3n) is 2.96. The van der Waals surface area contributed by atoms with Gasteiger partial charge in [0.25, 0.3) is 0 Å². The van der Waals surface area contributed by atoms with Crippen LogP contribution in [0.2, 0.25) is 0 Å². The van der Waals surface area contributed by atoms with Crippen LogP contribution in [-0.2, 0) is 6.54 Å². The number of nitriles is 1. The lowest BCUT2D eigenvalue weighted by Crippen LogP contribution is -2.20. The van der Waals surface area contributed by atoms with Gasteiger partial charge in [0, 0.05) is 17.1 Å². The average molecular weight is 315 g/mol. The highest BCUT2D eigenvalue weighted by Gasteiger charge is 2.09. The summed E-state index contributed by atoms with van der Waals surface area (Å²) >= 11 is 3.42. The molecule has 0 amide bonds. The van der Waals surface area contributed by atoms with Crippen LogP contribution in [0.15, 0.2) is 59.1 Å². The third kappa shape index (κ3) is 4.20. The minimum absolute atomic E-state index is 0.0786. The van der Waals surface area contributed by atoms with E-state index >= 15 is 0 Å². The van der Waals surface area contributed by atoms with Gasteiger partial charge in [0.1, 0.15) is 0 Å². The second kappa shape index (κ2) is 7.08. The topological polar surface area (TPSA) is 35.8 Å². The van der Waals surface area contributed by atoms with Crippen molar-refractivity contribution in [2.45, 2.75) is 19.0 Å². The molecular formula is C16H15BrN2. The van der Waals surface area contributed by atoms with Gasteiger partial charge in [-0.15, -0.1) is 0 Å². The molecule has 1 unspecified atom stereocenters. The van der Waals surface area contributed by atoms with Gasteiger partial charge in [-0.25, -0.2) is 0 Å². The number of benzene rings is 2. The van der Waals surface area contributed by atoms with Crippen LogP contribution in [0, 0.1) is 11.3 Å². The molecule has 96 valence electrons. The average Bonchev–Trinajstić information content (AvgIpc) is 2.46. The molecule has 0 aliphatic rings. The SMILES string of the molecule is N#CCC(NCc1ccc(Br)cc1)c1ccccc1. The normalized spacial score (nSPS) is 11.8. The summed E-state index contributed by atoms with van der Waals surface area (Å²) in [6, 6.07) is 20.6. The lowest BCUT2D eigenvalue weighted by molar-refractivity contribution is 0.542. The molecule has 0 spiro atoms. The second-order valence-corrected chi connectivity index (χ2v) is 5.25. The Morgan fingerprint density at radius 2 is 1.74 bits per heavy atom. The van der Waals surface area contributed by atoms with Crippen molar-refractivity contribution in [3.63, 3.8) is 0 Å². The lowest BCUT2D eigenvalue weighted by atomic mass is 10.0. The van der Waals surface area contributed by atoms with Crippen molar-refractivity contribution < 1.29 is 0 Å². The fraction of sp³-hybridized carbons (Fsp3) is 0.188. The van der Waals surface area contributed by atoms with Crippen LogP contribution in [0.1, 0.15) is 23.6 Å². The molecule has 1 N–H and O–H groups in total. The van der Waals surface area contributed by atoms with E-state index in [4.69, 9.17) is 5.26 Å². The Morgan fingerprint density at radius 1 is 1.05 bits per heavy atom. The fourth-order valence-corrected chi connectivity index (χ4v) is 2.19. The largest absolute Gasteiger partial charge is 0.305 e. The molecule has 1 atom stereocenters. The molecule has 3 heteroatoms. The van der Waals surface area contributed by atoms with Crippen LogP contribution in [0.5, 0.6) is 0 Å². The van der Waals surface area contributed by atoms with E-state index < -0.39 is 0 Å². The summed E-state index contributed by atoms with van der Waals surface area (Å²) in [6.07, 6.45) is 0.473. The van der Waals surface area contributed by atoms with Crippen molar-refractivity contribution in [3.05, 3.63) is 70.2 Å². The van der Waals surface area contributed by atoms with Gasteiger partial charge in [0.2, 0.25) is 0 Å². The molecule has 0 saturated carbocycles. The van der Waals surface area contributed by atoms with E-state index in [9.17, 15) is 0 Å². The van der Waals surface area contributed by atoms with Gasteiger partial charge in [0.15, 0.2) is 0 Å². The van der Waals surface area contributed by atoms with Gasteiger partial charge in [-0.2, -0.15) is 5.26 Å². The first kappa shape index (κ1) is 13.8. The van der Waals surface area contributed by atoms with E-state index in [1.807, 2.05) is 30.3 Å². The summed E-state index contributed by atoms with van der Waals surface area (Å²) < 4.78 is 1.08. The number of nitrogens with one attached hydrogen (secondary N) is 1. The summed E-state index contributed by atoms with van der Waals surface area (Å²) in [6.45, 7) is 0.758. The van der Waals surface area contributed by atoms with Crippen molar-refractivity contribution in [1.82, 2.24) is 5.32 Å². The van der Waals surface area contributed by atoms with Crippen LogP contribution in [-0.4, -0.2) is 0 Å². The molecule has 2 nitrogen and oxygen atoms in total. The summed E-state index contributed by atoms with van der Waals surface area (Å²) in [7, 11) is 0. The predicted molar refractivity (Wildman–Crippen MR) is 80.4 cm³/mol. The minimum Gasteiger partial charge on any atom is -0.305 e. The van der Waals surface area contributed by atoms with E-state index in [0.29, 0.717) is 6.42 Å². The summed E-state index contributed by atoms with van der Waals surface area (Å²) in [5.41, 5.74) is 2.36. The Morgan fingerprint density at radius 3 is 2.37 bits per heavy atom. The van der Waals surface area contributed by atoms with Gasteiger partial charge in [0.05, 0.1) is 12.5 Å². The number of nitrogens with zero attached hydrogens (tertiary/aromatic N) is 1. The van der Waals surface area contributed by atoms with E-state index in [0.717, 1.165) is 16.6 Å². The molecule has 19 heavy (non-hydrogen) atoms. The lowest BCUT2D eigenvalue weighted by Gasteiger charge is -2.16. The number of hydrogen-bond acceptors (Lipinski definition) is 2. The van der Waals surface area contributed by atoms with Gasteiger partial charge >= 0.3 is 0 Å². The molecule has 0 aromatic heterocycles. The zero-order valence-electron chi connectivity index (χ0n) is 10.5. The molecule has 0 heterocycles. The molecule has 0 bridgehead atoms. The molecule has 0 aliphatic carbocycles. The number of rotatable bonds is 5. The van der Waals surface area contributed by atoms with Crippen LogP contribution >= 0.6 is 15.9 Å². The van der Waals surface area contributed by atoms with Crippen LogP contribution < -0.4 is 5.32 Å². The van der Waals surface area contributed by atoms with Crippen molar-refractivity contribution in [1.29, 1.82) is 5.26 Å². The molecule has 2 rings (SSSR count). The monoisotopic (exact) mass is 314 g/mol. The van der Waals surface area contributed by atoms with E-state index in [1.54, 1.807) is 0 Å². The fourth-order valence-electron chi connectivity index (χ4n) is 1.93. The maximum Gasteiger partial charge on any atom is 0.0641 e. The van der Waals surface area contributed by atoms with E-state index in [1.165, 1.54) is 5.56 Å². The maximum atomic E-state index is 8.94. The summed E-state index contributed by atoms with van der Waals surface area (Å²) in [5.74, 6) is 0. The Hall–Kier alpha value is -1.63. The van der Waals surface area contributed by atoms with Crippen molar-refractivity contribution >= 4 is 15.9 Å². The predicted octanol–water partition coefficient (Wildman–Crippen LogP) is 4.19. The zero-order chi connectivity index (χ0) is 13.5. The Bertz CT molecular complexity index is 543. The van der Waals surface area contributed by atoms with Crippen LogP contribution in [0.4, 0.5) is 0 Å². The molecule has 0 radical (unpaired) electrons. The van der Waals surface area contributed by atoms with Gasteiger partial charge in [-0.3, -0.25) is 0 Å². The maximum absolute atomic E-state index is 8.94. The highest BCUT2D eigenvalue weighted by atomic mass is 79.9. The highest BCUT2D eigenvalue weighted by Crippen LogP contribution is 2.17. The van der Waals surface area contributed by atoms with Gasteiger partial charge in [-0.1, -0.05) is 58.4 Å². The van der Waals surface area contributed by atoms with Gasteiger partial charge in [-0.05, 0) is 23.3 Å². The quantitative estimate of drug-likeness (QED) is 0.898. The zero-order valence-corrected chi connectivity index (χ0v) is 12.1. The Balaban J connectivity index is 2.02. The minimum atomic E-state index is 0.0786. The first-order chi connectivity index (χ1) is 9.29. The van der Waals surface area contributed by atoms with Crippen LogP contribution in [0.3, 0.4) is 0 Å². The third-order valence-corrected chi connectivity index (χ3v) is 3.49. The highest BCUT2D eigenvalue weighted by molar-refractivity contribution is 9.10. The van der Waals surface area contributed by atoms with Crippen molar-refractivity contribution in [2.75, 3.05) is 0 Å². The van der Waals surface area contributed by atoms with E-state index in [-0.39, 0.29) is 6.04 Å². The summed E-state index contributed by atoms with van der Waals surface area (Å²) in [4.78, 5) is 0. The van der Waals surface area contributed by atoms with Crippen molar-refractivity contribution in [3.8, 4) is 6.07 Å². The second-order valence-electron chi connectivity index (χ2n) is 4.33. The van der Waals surface area contributed by atoms with E-state index in [2.05, 4.69) is 51.6 Å². The Labute approximate surface area is 122 Å². The molecule has 2 aromatic carbocycles. The first-order valence-electron chi connectivity index (χ1n) is 6.19. The standard InChI is InChI=1S/C16H15BrN2/c17-15-8-6-13(7-9-15)12-19-16(10-11-18)14-4-2-1-3-5-14/h1-9,16,19H,10,12H2. The van der Waals surface area contributed by atoms with Crippen molar-refractivity contribution in [2.24, 2.45) is 0 Å². The number of halogens is 1. The summed E-state index contributed by atoms with van der Waals surface area (Å²) in [5, 5.41) is 12.4. The first-order valence-corrected chi connectivity index (χ1v) is 6.98. The smallest absolute Gasteiger partial charge is 0.0641 e. The molecule has 0 saturated heterocycles.